The Kier molecular flexibility index (Phi) is 5.08. The Bertz CT molecular complexity index is 442. The van der Waals surface area contributed by atoms with Crippen molar-refractivity contribution in [3.63, 3.8) is 0 Å². The van der Waals surface area contributed by atoms with Gasteiger partial charge in [-0.3, -0.25) is 0 Å². The number of ether oxygens (including phenoxy) is 2. The van der Waals surface area contributed by atoms with E-state index in [4.69, 9.17) is 15.2 Å². The van der Waals surface area contributed by atoms with Crippen LogP contribution in [0, 0.1) is 0 Å². The van der Waals surface area contributed by atoms with Gasteiger partial charge >= 0.3 is 6.18 Å². The van der Waals surface area contributed by atoms with E-state index in [0.717, 1.165) is 0 Å². The monoisotopic (exact) mass is 292 g/mol. The summed E-state index contributed by atoms with van der Waals surface area (Å²) in [5.74, 6) is 0.409. The van der Waals surface area contributed by atoms with E-state index >= 15 is 0 Å². The fourth-order valence-corrected chi connectivity index (χ4v) is 1.34. The Morgan fingerprint density at radius 3 is 2.40 bits per heavy atom. The molecule has 0 bridgehead atoms. The number of aromatic nitrogens is 1. The third-order valence-corrected chi connectivity index (χ3v) is 2.12. The van der Waals surface area contributed by atoms with Crippen LogP contribution in [0.25, 0.3) is 0 Å². The van der Waals surface area contributed by atoms with Crippen molar-refractivity contribution in [1.29, 1.82) is 0 Å². The highest BCUT2D eigenvalue weighted by Crippen LogP contribution is 2.26. The molecule has 0 amide bonds. The number of hydrogen-bond donors (Lipinski definition) is 1. The van der Waals surface area contributed by atoms with Gasteiger partial charge in [-0.25, -0.2) is 0 Å². The first kappa shape index (κ1) is 16.4. The molecule has 0 fully saturated rings. The second-order valence-corrected chi connectivity index (χ2v) is 5.33. The lowest BCUT2D eigenvalue weighted by Gasteiger charge is -2.21. The van der Waals surface area contributed by atoms with Crippen LogP contribution in [0.3, 0.4) is 0 Å². The maximum absolute atomic E-state index is 12.0. The van der Waals surface area contributed by atoms with Crippen LogP contribution in [0.2, 0.25) is 0 Å². The minimum Gasteiger partial charge on any atom is -0.478 e. The number of nitrogens with two attached hydrogens (primary N) is 1. The smallest absolute Gasteiger partial charge is 0.389 e. The molecule has 1 rings (SSSR count). The van der Waals surface area contributed by atoms with E-state index < -0.39 is 18.2 Å². The van der Waals surface area contributed by atoms with Gasteiger partial charge in [0.15, 0.2) is 0 Å². The van der Waals surface area contributed by atoms with Crippen molar-refractivity contribution in [3.8, 4) is 11.8 Å². The first-order chi connectivity index (χ1) is 9.07. The zero-order chi connectivity index (χ0) is 15.4. The Morgan fingerprint density at radius 1 is 1.20 bits per heavy atom. The fraction of sp³-hybridized carbons (Fsp3) is 0.615. The molecular formula is C13H19F3N2O2. The van der Waals surface area contributed by atoms with Crippen LogP contribution in [-0.2, 0) is 0 Å². The Hall–Kier alpha value is -1.66. The normalized spacial score (nSPS) is 12.3. The summed E-state index contributed by atoms with van der Waals surface area (Å²) in [5, 5.41) is 0. The number of nitrogen functional groups attached to an aromatic ring is 1. The summed E-state index contributed by atoms with van der Waals surface area (Å²) in [5.41, 5.74) is 5.59. The van der Waals surface area contributed by atoms with Crippen LogP contribution in [0.15, 0.2) is 12.1 Å². The average Bonchev–Trinajstić information content (AvgIpc) is 2.25. The summed E-state index contributed by atoms with van der Waals surface area (Å²) >= 11 is 0. The summed E-state index contributed by atoms with van der Waals surface area (Å²) in [6.07, 6.45) is -5.17. The number of halogens is 3. The molecule has 7 heteroatoms. The van der Waals surface area contributed by atoms with Gasteiger partial charge in [0, 0.05) is 12.5 Å². The van der Waals surface area contributed by atoms with Gasteiger partial charge in [-0.2, -0.15) is 18.2 Å². The molecule has 0 aliphatic carbocycles. The number of pyridine rings is 1. The van der Waals surface area contributed by atoms with Crippen LogP contribution >= 0.6 is 0 Å². The topological polar surface area (TPSA) is 57.4 Å². The summed E-state index contributed by atoms with van der Waals surface area (Å²) in [6, 6.07) is 3.05. The van der Waals surface area contributed by atoms with Crippen molar-refractivity contribution in [1.82, 2.24) is 4.98 Å². The predicted molar refractivity (Wildman–Crippen MR) is 69.8 cm³/mol. The van der Waals surface area contributed by atoms with E-state index in [9.17, 15) is 13.2 Å². The maximum atomic E-state index is 12.0. The van der Waals surface area contributed by atoms with E-state index in [-0.39, 0.29) is 24.8 Å². The number of nitrogens with zero attached hydrogens (tertiary/aromatic N) is 1. The first-order valence-corrected chi connectivity index (χ1v) is 6.22. The lowest BCUT2D eigenvalue weighted by molar-refractivity contribution is -0.136. The lowest BCUT2D eigenvalue weighted by atomic mass is 10.2. The molecule has 0 aliphatic heterocycles. The second kappa shape index (κ2) is 6.19. The van der Waals surface area contributed by atoms with Crippen LogP contribution in [0.5, 0.6) is 11.8 Å². The van der Waals surface area contributed by atoms with Crippen molar-refractivity contribution in [2.24, 2.45) is 0 Å². The van der Waals surface area contributed by atoms with Gasteiger partial charge in [-0.05, 0) is 33.3 Å². The molecule has 4 nitrogen and oxygen atoms in total. The van der Waals surface area contributed by atoms with Gasteiger partial charge in [-0.15, -0.1) is 0 Å². The lowest BCUT2D eigenvalue weighted by Crippen LogP contribution is -2.24. The van der Waals surface area contributed by atoms with E-state index in [1.807, 2.05) is 20.8 Å². The molecule has 0 radical (unpaired) electrons. The standard InChI is InChI=1S/C13H19F3N2O2/c1-12(2,3)20-11-9(17)5-6-10(18-11)19-8-4-7-13(14,15)16/h5-6H,4,7-8,17H2,1-3H3. The summed E-state index contributed by atoms with van der Waals surface area (Å²) in [4.78, 5) is 4.04. The highest BCUT2D eigenvalue weighted by Gasteiger charge is 2.26. The summed E-state index contributed by atoms with van der Waals surface area (Å²) in [6.45, 7) is 5.45. The largest absolute Gasteiger partial charge is 0.478 e. The molecule has 0 aromatic carbocycles. The third-order valence-electron chi connectivity index (χ3n) is 2.12. The molecule has 0 aliphatic rings. The Morgan fingerprint density at radius 2 is 1.85 bits per heavy atom. The van der Waals surface area contributed by atoms with Gasteiger partial charge in [0.1, 0.15) is 5.60 Å². The van der Waals surface area contributed by atoms with Crippen LogP contribution in [0.1, 0.15) is 33.6 Å². The number of hydrogen-bond acceptors (Lipinski definition) is 4. The minimum atomic E-state index is -4.17. The first-order valence-electron chi connectivity index (χ1n) is 6.22. The summed E-state index contributed by atoms with van der Waals surface area (Å²) < 4.78 is 46.6. The predicted octanol–water partition coefficient (Wildman–Crippen LogP) is 3.56. The van der Waals surface area contributed by atoms with Crippen LogP contribution in [-0.4, -0.2) is 23.4 Å². The molecule has 0 spiro atoms. The highest BCUT2D eigenvalue weighted by atomic mass is 19.4. The van der Waals surface area contributed by atoms with Crippen molar-refractivity contribution < 1.29 is 22.6 Å². The molecule has 0 unspecified atom stereocenters. The quantitative estimate of drug-likeness (QED) is 0.843. The molecule has 0 saturated heterocycles. The molecule has 1 aromatic heterocycles. The van der Waals surface area contributed by atoms with Crippen LogP contribution in [0.4, 0.5) is 18.9 Å². The number of rotatable bonds is 5. The Balaban J connectivity index is 2.57. The average molecular weight is 292 g/mol. The van der Waals surface area contributed by atoms with Gasteiger partial charge in [0.2, 0.25) is 11.8 Å². The minimum absolute atomic E-state index is 0.0641. The molecule has 1 aromatic rings. The van der Waals surface area contributed by atoms with Gasteiger partial charge in [0.05, 0.1) is 12.3 Å². The van der Waals surface area contributed by atoms with Gasteiger partial charge in [-0.1, -0.05) is 0 Å². The van der Waals surface area contributed by atoms with Crippen molar-refractivity contribution in [2.45, 2.75) is 45.4 Å². The molecule has 2 N–H and O–H groups in total. The molecule has 0 atom stereocenters. The Labute approximate surface area is 116 Å². The fourth-order valence-electron chi connectivity index (χ4n) is 1.34. The van der Waals surface area contributed by atoms with Crippen molar-refractivity contribution in [2.75, 3.05) is 12.3 Å². The maximum Gasteiger partial charge on any atom is 0.389 e. The van der Waals surface area contributed by atoms with Gasteiger partial charge in [0.25, 0.3) is 0 Å². The van der Waals surface area contributed by atoms with E-state index in [2.05, 4.69) is 4.98 Å². The second-order valence-electron chi connectivity index (χ2n) is 5.33. The van der Waals surface area contributed by atoms with Crippen LogP contribution < -0.4 is 15.2 Å². The van der Waals surface area contributed by atoms with E-state index in [1.165, 1.54) is 6.07 Å². The molecule has 1 heterocycles. The van der Waals surface area contributed by atoms with Gasteiger partial charge < -0.3 is 15.2 Å². The highest BCUT2D eigenvalue weighted by molar-refractivity contribution is 5.49. The molecule has 114 valence electrons. The molecule has 0 saturated carbocycles. The summed E-state index contributed by atoms with van der Waals surface area (Å²) in [7, 11) is 0. The molecule has 20 heavy (non-hydrogen) atoms. The van der Waals surface area contributed by atoms with Crippen molar-refractivity contribution in [3.05, 3.63) is 12.1 Å². The third kappa shape index (κ3) is 6.49. The molecular weight excluding hydrogens is 273 g/mol. The number of anilines is 1. The number of alkyl halides is 3. The SMILES string of the molecule is CC(C)(C)Oc1nc(OCCCC(F)(F)F)ccc1N. The zero-order valence-corrected chi connectivity index (χ0v) is 11.8. The van der Waals surface area contributed by atoms with Crippen molar-refractivity contribution >= 4 is 5.69 Å². The van der Waals surface area contributed by atoms with E-state index in [1.54, 1.807) is 6.07 Å². The zero-order valence-electron chi connectivity index (χ0n) is 11.8. The van der Waals surface area contributed by atoms with E-state index in [0.29, 0.717) is 5.69 Å².